The lowest BCUT2D eigenvalue weighted by molar-refractivity contribution is 0.0887. The van der Waals surface area contributed by atoms with Crippen LogP contribution in [0.2, 0.25) is 0 Å². The van der Waals surface area contributed by atoms with Gasteiger partial charge in [-0.2, -0.15) is 0 Å². The van der Waals surface area contributed by atoms with Crippen LogP contribution >= 0.6 is 0 Å². The summed E-state index contributed by atoms with van der Waals surface area (Å²) in [5.74, 6) is 1.13. The summed E-state index contributed by atoms with van der Waals surface area (Å²) in [7, 11) is 1.65. The number of para-hydroxylation sites is 1. The summed E-state index contributed by atoms with van der Waals surface area (Å²) in [5, 5.41) is 10.6. The summed E-state index contributed by atoms with van der Waals surface area (Å²) in [6, 6.07) is 7.79. The molecule has 0 aromatic heterocycles. The molecule has 1 rings (SSSR count). The van der Waals surface area contributed by atoms with Crippen molar-refractivity contribution in [2.75, 3.05) is 13.7 Å². The van der Waals surface area contributed by atoms with E-state index in [1.165, 1.54) is 0 Å². The molecular formula is C17H29NO2. The standard InChI is InChI=1S/C17H29NO2/c1-12(17(2,3)4)10-15(19)14(11-18)13-8-6-7-9-16(13)20-5/h6-9,12,14-15,19H,10-11,18H2,1-5H3. The van der Waals surface area contributed by atoms with Crippen LogP contribution in [0.5, 0.6) is 5.75 Å². The second-order valence-electron chi connectivity index (χ2n) is 6.65. The monoisotopic (exact) mass is 279 g/mol. The van der Waals surface area contributed by atoms with Crippen LogP contribution in [0, 0.1) is 11.3 Å². The second-order valence-corrected chi connectivity index (χ2v) is 6.65. The van der Waals surface area contributed by atoms with Crippen molar-refractivity contribution in [3.63, 3.8) is 0 Å². The SMILES string of the molecule is COc1ccccc1C(CN)C(O)CC(C)C(C)(C)C. The number of ether oxygens (including phenoxy) is 1. The van der Waals surface area contributed by atoms with Gasteiger partial charge in [0.25, 0.3) is 0 Å². The van der Waals surface area contributed by atoms with Gasteiger partial charge in [0.15, 0.2) is 0 Å². The summed E-state index contributed by atoms with van der Waals surface area (Å²) < 4.78 is 5.38. The molecule has 0 bridgehead atoms. The molecule has 0 heterocycles. The third-order valence-electron chi connectivity index (χ3n) is 4.33. The first kappa shape index (κ1) is 17.0. The molecular weight excluding hydrogens is 250 g/mol. The Morgan fingerprint density at radius 1 is 1.25 bits per heavy atom. The highest BCUT2D eigenvalue weighted by Gasteiger charge is 2.28. The Morgan fingerprint density at radius 2 is 1.85 bits per heavy atom. The van der Waals surface area contributed by atoms with E-state index >= 15 is 0 Å². The molecule has 114 valence electrons. The van der Waals surface area contributed by atoms with Crippen LogP contribution in [0.15, 0.2) is 24.3 Å². The lowest BCUT2D eigenvalue weighted by atomic mass is 9.76. The van der Waals surface area contributed by atoms with Gasteiger partial charge in [0.1, 0.15) is 5.75 Å². The highest BCUT2D eigenvalue weighted by molar-refractivity contribution is 5.37. The highest BCUT2D eigenvalue weighted by atomic mass is 16.5. The molecule has 3 nitrogen and oxygen atoms in total. The molecule has 0 saturated carbocycles. The normalized spacial score (nSPS) is 16.6. The van der Waals surface area contributed by atoms with Gasteiger partial charge < -0.3 is 15.6 Å². The van der Waals surface area contributed by atoms with E-state index < -0.39 is 6.10 Å². The predicted molar refractivity (Wildman–Crippen MR) is 84.0 cm³/mol. The molecule has 0 amide bonds. The Balaban J connectivity index is 2.90. The van der Waals surface area contributed by atoms with E-state index in [0.29, 0.717) is 12.5 Å². The average molecular weight is 279 g/mol. The van der Waals surface area contributed by atoms with Crippen molar-refractivity contribution in [3.8, 4) is 5.75 Å². The van der Waals surface area contributed by atoms with E-state index in [9.17, 15) is 5.11 Å². The minimum absolute atomic E-state index is 0.0871. The third-order valence-corrected chi connectivity index (χ3v) is 4.33. The van der Waals surface area contributed by atoms with E-state index in [1.54, 1.807) is 7.11 Å². The van der Waals surface area contributed by atoms with Gasteiger partial charge in [0.2, 0.25) is 0 Å². The molecule has 3 atom stereocenters. The van der Waals surface area contributed by atoms with Gasteiger partial charge in [0.05, 0.1) is 13.2 Å². The van der Waals surface area contributed by atoms with Gasteiger partial charge >= 0.3 is 0 Å². The quantitative estimate of drug-likeness (QED) is 0.841. The third kappa shape index (κ3) is 4.22. The first-order chi connectivity index (χ1) is 9.31. The maximum Gasteiger partial charge on any atom is 0.122 e. The topological polar surface area (TPSA) is 55.5 Å². The molecule has 1 aromatic carbocycles. The Bertz CT molecular complexity index is 412. The molecule has 0 saturated heterocycles. The summed E-state index contributed by atoms with van der Waals surface area (Å²) in [6.07, 6.45) is 0.286. The van der Waals surface area contributed by atoms with Crippen LogP contribution < -0.4 is 10.5 Å². The van der Waals surface area contributed by atoms with Crippen molar-refractivity contribution in [2.24, 2.45) is 17.1 Å². The van der Waals surface area contributed by atoms with Crippen molar-refractivity contribution < 1.29 is 9.84 Å². The van der Waals surface area contributed by atoms with Gasteiger partial charge in [-0.1, -0.05) is 45.9 Å². The summed E-state index contributed by atoms with van der Waals surface area (Å²) in [6.45, 7) is 9.19. The number of methoxy groups -OCH3 is 1. The van der Waals surface area contributed by atoms with Crippen molar-refractivity contribution >= 4 is 0 Å². The Morgan fingerprint density at radius 3 is 2.35 bits per heavy atom. The molecule has 1 aromatic rings. The number of hydrogen-bond donors (Lipinski definition) is 2. The lowest BCUT2D eigenvalue weighted by Gasteiger charge is -2.32. The van der Waals surface area contributed by atoms with Gasteiger partial charge in [-0.3, -0.25) is 0 Å². The van der Waals surface area contributed by atoms with Crippen LogP contribution in [0.25, 0.3) is 0 Å². The molecule has 0 radical (unpaired) electrons. The van der Waals surface area contributed by atoms with E-state index in [0.717, 1.165) is 17.7 Å². The smallest absolute Gasteiger partial charge is 0.122 e. The van der Waals surface area contributed by atoms with E-state index in [1.807, 2.05) is 24.3 Å². The van der Waals surface area contributed by atoms with E-state index in [2.05, 4.69) is 27.7 Å². The Kier molecular flexibility index (Phi) is 6.03. The summed E-state index contributed by atoms with van der Waals surface area (Å²) in [5.41, 5.74) is 7.07. The number of aliphatic hydroxyl groups excluding tert-OH is 1. The number of aliphatic hydroxyl groups is 1. The minimum atomic E-state index is -0.453. The largest absolute Gasteiger partial charge is 0.496 e. The Labute approximate surface area is 123 Å². The van der Waals surface area contributed by atoms with E-state index in [-0.39, 0.29) is 11.3 Å². The van der Waals surface area contributed by atoms with E-state index in [4.69, 9.17) is 10.5 Å². The van der Waals surface area contributed by atoms with Crippen molar-refractivity contribution in [1.82, 2.24) is 0 Å². The number of nitrogens with two attached hydrogens (primary N) is 1. The second kappa shape index (κ2) is 7.09. The average Bonchev–Trinajstić information content (AvgIpc) is 2.39. The maximum atomic E-state index is 10.6. The lowest BCUT2D eigenvalue weighted by Crippen LogP contribution is -2.31. The first-order valence-corrected chi connectivity index (χ1v) is 7.32. The number of hydrogen-bond acceptors (Lipinski definition) is 3. The molecule has 0 fully saturated rings. The zero-order chi connectivity index (χ0) is 15.3. The molecule has 0 aliphatic rings. The summed E-state index contributed by atoms with van der Waals surface area (Å²) >= 11 is 0. The fourth-order valence-corrected chi connectivity index (χ4v) is 2.34. The van der Waals surface area contributed by atoms with Crippen LogP contribution in [0.4, 0.5) is 0 Å². The molecule has 3 heteroatoms. The first-order valence-electron chi connectivity index (χ1n) is 7.32. The van der Waals surface area contributed by atoms with Crippen molar-refractivity contribution in [1.29, 1.82) is 0 Å². The van der Waals surface area contributed by atoms with Crippen LogP contribution in [-0.2, 0) is 0 Å². The number of benzene rings is 1. The maximum absolute atomic E-state index is 10.6. The molecule has 20 heavy (non-hydrogen) atoms. The minimum Gasteiger partial charge on any atom is -0.496 e. The molecule has 3 unspecified atom stereocenters. The van der Waals surface area contributed by atoms with Crippen LogP contribution in [-0.4, -0.2) is 24.9 Å². The summed E-state index contributed by atoms with van der Waals surface area (Å²) in [4.78, 5) is 0. The van der Waals surface area contributed by atoms with Crippen LogP contribution in [0.3, 0.4) is 0 Å². The van der Waals surface area contributed by atoms with Gasteiger partial charge in [-0.05, 0) is 23.8 Å². The van der Waals surface area contributed by atoms with Gasteiger partial charge in [0, 0.05) is 18.0 Å². The molecule has 0 aliphatic heterocycles. The number of rotatable bonds is 6. The van der Waals surface area contributed by atoms with Gasteiger partial charge in [-0.25, -0.2) is 0 Å². The van der Waals surface area contributed by atoms with Crippen LogP contribution in [0.1, 0.15) is 45.6 Å². The van der Waals surface area contributed by atoms with Gasteiger partial charge in [-0.15, -0.1) is 0 Å². The zero-order valence-electron chi connectivity index (χ0n) is 13.4. The molecule has 0 aliphatic carbocycles. The zero-order valence-corrected chi connectivity index (χ0v) is 13.4. The molecule has 0 spiro atoms. The fraction of sp³-hybridized carbons (Fsp3) is 0.647. The van der Waals surface area contributed by atoms with Crippen molar-refractivity contribution in [2.45, 2.75) is 46.1 Å². The van der Waals surface area contributed by atoms with Crippen molar-refractivity contribution in [3.05, 3.63) is 29.8 Å². The predicted octanol–water partition coefficient (Wildman–Crippen LogP) is 3.17. The molecule has 3 N–H and O–H groups in total. The fourth-order valence-electron chi connectivity index (χ4n) is 2.34. The Hall–Kier alpha value is -1.06. The highest BCUT2D eigenvalue weighted by Crippen LogP contribution is 2.35.